The van der Waals surface area contributed by atoms with Crippen LogP contribution >= 0.6 is 0 Å². The first kappa shape index (κ1) is 15.9. The second-order valence-corrected chi connectivity index (χ2v) is 7.85. The van der Waals surface area contributed by atoms with Gasteiger partial charge < -0.3 is 9.88 Å². The van der Waals surface area contributed by atoms with Gasteiger partial charge in [-0.2, -0.15) is 0 Å². The lowest BCUT2D eigenvalue weighted by Gasteiger charge is -2.25. The van der Waals surface area contributed by atoms with Crippen molar-refractivity contribution < 1.29 is 9.18 Å². The van der Waals surface area contributed by atoms with Gasteiger partial charge in [0.2, 0.25) is 5.82 Å². The largest absolute Gasteiger partial charge is 0.347 e. The van der Waals surface area contributed by atoms with Gasteiger partial charge >= 0.3 is 0 Å². The van der Waals surface area contributed by atoms with Gasteiger partial charge in [0.05, 0.1) is 0 Å². The van der Waals surface area contributed by atoms with Crippen molar-refractivity contribution in [1.82, 2.24) is 25.0 Å². The minimum Gasteiger partial charge on any atom is -0.347 e. The Hall–Kier alpha value is -2.28. The van der Waals surface area contributed by atoms with Crippen molar-refractivity contribution in [3.63, 3.8) is 0 Å². The van der Waals surface area contributed by atoms with Crippen molar-refractivity contribution in [1.29, 1.82) is 0 Å². The lowest BCUT2D eigenvalue weighted by Crippen LogP contribution is -2.33. The normalized spacial score (nSPS) is 25.0. The molecule has 2 atom stereocenters. The zero-order valence-corrected chi connectivity index (χ0v) is 14.6. The quantitative estimate of drug-likeness (QED) is 0.905. The third-order valence-corrected chi connectivity index (χ3v) is 5.75. The number of likely N-dealkylation sites (tertiary alicyclic amines) is 1. The second kappa shape index (κ2) is 6.16. The van der Waals surface area contributed by atoms with E-state index in [4.69, 9.17) is 0 Å². The molecular weight excluding hydrogens is 333 g/mol. The summed E-state index contributed by atoms with van der Waals surface area (Å²) in [5.74, 6) is 2.10. The summed E-state index contributed by atoms with van der Waals surface area (Å²) in [4.78, 5) is 14.8. The third kappa shape index (κ3) is 3.00. The zero-order chi connectivity index (χ0) is 17.7. The number of nitrogens with one attached hydrogen (secondary N) is 1. The van der Waals surface area contributed by atoms with Gasteiger partial charge in [-0.05, 0) is 42.4 Å². The molecule has 7 heteroatoms. The lowest BCUT2D eigenvalue weighted by atomic mass is 9.89. The Morgan fingerprint density at radius 2 is 2.04 bits per heavy atom. The number of aromatic nitrogens is 3. The molecule has 1 saturated heterocycles. The Balaban J connectivity index is 1.28. The molecule has 2 aromatic rings. The molecule has 3 heterocycles. The van der Waals surface area contributed by atoms with Crippen molar-refractivity contribution in [2.24, 2.45) is 11.8 Å². The molecular formula is C19H22FN5O. The highest BCUT2D eigenvalue weighted by Crippen LogP contribution is 2.33. The Kier molecular flexibility index (Phi) is 3.77. The van der Waals surface area contributed by atoms with E-state index in [0.717, 1.165) is 56.8 Å². The maximum absolute atomic E-state index is 13.4. The van der Waals surface area contributed by atoms with Gasteiger partial charge in [-0.15, -0.1) is 10.2 Å². The summed E-state index contributed by atoms with van der Waals surface area (Å²) < 4.78 is 15.4. The summed E-state index contributed by atoms with van der Waals surface area (Å²) in [6.07, 6.45) is 2.98. The highest BCUT2D eigenvalue weighted by Gasteiger charge is 2.39. The van der Waals surface area contributed by atoms with E-state index in [9.17, 15) is 9.18 Å². The van der Waals surface area contributed by atoms with Crippen LogP contribution in [0.3, 0.4) is 0 Å². The zero-order valence-electron chi connectivity index (χ0n) is 14.6. The second-order valence-electron chi connectivity index (χ2n) is 7.85. The molecule has 2 aliphatic heterocycles. The minimum atomic E-state index is -0.184. The molecule has 2 unspecified atom stereocenters. The van der Waals surface area contributed by atoms with E-state index >= 15 is 0 Å². The van der Waals surface area contributed by atoms with Crippen LogP contribution in [0.2, 0.25) is 0 Å². The first-order valence-corrected chi connectivity index (χ1v) is 9.35. The fourth-order valence-electron chi connectivity index (χ4n) is 4.29. The van der Waals surface area contributed by atoms with E-state index in [2.05, 4.69) is 20.4 Å². The van der Waals surface area contributed by atoms with E-state index in [-0.39, 0.29) is 11.7 Å². The van der Waals surface area contributed by atoms with Gasteiger partial charge in [-0.1, -0.05) is 12.1 Å². The molecule has 1 aromatic heterocycles. The highest BCUT2D eigenvalue weighted by atomic mass is 19.1. The van der Waals surface area contributed by atoms with Crippen LogP contribution in [-0.4, -0.2) is 44.7 Å². The average Bonchev–Trinajstić information content (AvgIpc) is 3.19. The number of carbonyl (C=O) groups is 1. The molecule has 0 bridgehead atoms. The van der Waals surface area contributed by atoms with Crippen LogP contribution in [0.1, 0.15) is 34.8 Å². The number of carbonyl (C=O) groups excluding carboxylic acids is 1. The molecule has 2 fully saturated rings. The van der Waals surface area contributed by atoms with Crippen LogP contribution in [0.5, 0.6) is 0 Å². The van der Waals surface area contributed by atoms with Crippen molar-refractivity contribution in [2.45, 2.75) is 38.4 Å². The number of halogens is 1. The maximum atomic E-state index is 13.4. The number of hydrogen-bond donors (Lipinski definition) is 1. The van der Waals surface area contributed by atoms with Gasteiger partial charge in [0.25, 0.3) is 5.91 Å². The van der Waals surface area contributed by atoms with Crippen LogP contribution in [-0.2, 0) is 19.5 Å². The van der Waals surface area contributed by atoms with E-state index < -0.39 is 0 Å². The van der Waals surface area contributed by atoms with Crippen LogP contribution in [0, 0.1) is 17.7 Å². The number of benzene rings is 1. The van der Waals surface area contributed by atoms with Gasteiger partial charge in [0.1, 0.15) is 11.6 Å². The first-order chi connectivity index (χ1) is 12.7. The number of hydrogen-bond acceptors (Lipinski definition) is 4. The topological polar surface area (TPSA) is 63.1 Å². The number of amides is 1. The Morgan fingerprint density at radius 1 is 1.19 bits per heavy atom. The molecule has 26 heavy (non-hydrogen) atoms. The molecule has 0 radical (unpaired) electrons. The molecule has 1 saturated carbocycles. The summed E-state index contributed by atoms with van der Waals surface area (Å²) in [6, 6.07) is 7.14. The van der Waals surface area contributed by atoms with E-state index in [1.807, 2.05) is 10.6 Å². The molecule has 1 aliphatic carbocycles. The van der Waals surface area contributed by atoms with Crippen molar-refractivity contribution in [2.75, 3.05) is 13.1 Å². The van der Waals surface area contributed by atoms with E-state index in [1.54, 1.807) is 12.1 Å². The summed E-state index contributed by atoms with van der Waals surface area (Å²) in [7, 11) is 0. The minimum absolute atomic E-state index is 0.0979. The van der Waals surface area contributed by atoms with Crippen molar-refractivity contribution >= 4 is 5.91 Å². The smallest absolute Gasteiger partial charge is 0.289 e. The van der Waals surface area contributed by atoms with Crippen LogP contribution < -0.4 is 5.32 Å². The molecule has 6 nitrogen and oxygen atoms in total. The predicted octanol–water partition coefficient (Wildman–Crippen LogP) is 1.61. The monoisotopic (exact) mass is 355 g/mol. The van der Waals surface area contributed by atoms with Gasteiger partial charge in [-0.3, -0.25) is 9.69 Å². The van der Waals surface area contributed by atoms with Crippen LogP contribution in [0.4, 0.5) is 4.39 Å². The predicted molar refractivity (Wildman–Crippen MR) is 92.9 cm³/mol. The van der Waals surface area contributed by atoms with Crippen LogP contribution in [0.15, 0.2) is 24.3 Å². The number of fused-ring (bicyclic) bond motifs is 2. The van der Waals surface area contributed by atoms with E-state index in [1.165, 1.54) is 6.07 Å². The Labute approximate surface area is 151 Å². The molecule has 0 spiro atoms. The summed E-state index contributed by atoms with van der Waals surface area (Å²) in [6.45, 7) is 3.50. The van der Waals surface area contributed by atoms with E-state index in [0.29, 0.717) is 23.7 Å². The standard InChI is InChI=1S/C19H22FN5O/c20-15-3-1-2-12(6-15)8-24-9-13-7-17-22-23-18(19(26)21-16-4-5-16)25(17)11-14(13)10-24/h1-3,6,13-14,16H,4-5,7-11H2,(H,21,26). The Bertz CT molecular complexity index is 846. The molecule has 5 rings (SSSR count). The third-order valence-electron chi connectivity index (χ3n) is 5.75. The summed E-state index contributed by atoms with van der Waals surface area (Å²) in [5.41, 5.74) is 1.01. The average molecular weight is 355 g/mol. The Morgan fingerprint density at radius 3 is 2.85 bits per heavy atom. The van der Waals surface area contributed by atoms with Gasteiger partial charge in [-0.25, -0.2) is 4.39 Å². The lowest BCUT2D eigenvalue weighted by molar-refractivity contribution is 0.0932. The number of nitrogens with zero attached hydrogens (tertiary/aromatic N) is 4. The number of rotatable bonds is 4. The summed E-state index contributed by atoms with van der Waals surface area (Å²) >= 11 is 0. The molecule has 3 aliphatic rings. The van der Waals surface area contributed by atoms with Gasteiger partial charge in [0, 0.05) is 38.6 Å². The fourth-order valence-corrected chi connectivity index (χ4v) is 4.29. The summed E-state index contributed by atoms with van der Waals surface area (Å²) in [5, 5.41) is 11.4. The van der Waals surface area contributed by atoms with Crippen molar-refractivity contribution in [3.05, 3.63) is 47.3 Å². The molecule has 1 aromatic carbocycles. The molecule has 1 amide bonds. The van der Waals surface area contributed by atoms with Gasteiger partial charge in [0.15, 0.2) is 0 Å². The van der Waals surface area contributed by atoms with Crippen molar-refractivity contribution in [3.8, 4) is 0 Å². The first-order valence-electron chi connectivity index (χ1n) is 9.35. The maximum Gasteiger partial charge on any atom is 0.289 e. The highest BCUT2D eigenvalue weighted by molar-refractivity contribution is 5.91. The molecule has 1 N–H and O–H groups in total. The molecule has 136 valence electrons. The fraction of sp³-hybridized carbons (Fsp3) is 0.526. The SMILES string of the molecule is O=C(NC1CC1)c1nnc2n1CC1CN(Cc3cccc(F)c3)CC1C2. The van der Waals surface area contributed by atoms with Crippen LogP contribution in [0.25, 0.3) is 0 Å².